The Balaban J connectivity index is 2.50. The van der Waals surface area contributed by atoms with Crippen LogP contribution in [0.4, 0.5) is 0 Å². The largest absolute Gasteiger partial charge is 0.480 e. The first kappa shape index (κ1) is 16.0. The zero-order valence-corrected chi connectivity index (χ0v) is 14.2. The molecule has 7 heteroatoms. The summed E-state index contributed by atoms with van der Waals surface area (Å²) in [4.78, 5) is 8.67. The maximum Gasteiger partial charge on any atom is 0.240 e. The zero-order chi connectivity index (χ0) is 15.4. The lowest BCUT2D eigenvalue weighted by Gasteiger charge is -2.19. The molecule has 0 saturated carbocycles. The van der Waals surface area contributed by atoms with Crippen LogP contribution in [0, 0.1) is 0 Å². The van der Waals surface area contributed by atoms with Gasteiger partial charge in [-0.2, -0.15) is 4.98 Å². The Morgan fingerprint density at radius 1 is 1.29 bits per heavy atom. The Morgan fingerprint density at radius 3 is 2.62 bits per heavy atom. The van der Waals surface area contributed by atoms with E-state index in [-0.39, 0.29) is 6.04 Å². The predicted molar refractivity (Wildman–Crippen MR) is 85.2 cm³/mol. The number of benzene rings is 1. The molecule has 0 radical (unpaired) electrons. The Kier molecular flexibility index (Phi) is 5.39. The maximum absolute atomic E-state index is 5.99. The lowest BCUT2D eigenvalue weighted by molar-refractivity contribution is 0.353. The molecule has 2 aromatic rings. The second-order valence-electron chi connectivity index (χ2n) is 4.19. The summed E-state index contributed by atoms with van der Waals surface area (Å²) in [6.07, 6.45) is 1.56. The number of nitrogens with one attached hydrogen (secondary N) is 1. The van der Waals surface area contributed by atoms with E-state index in [1.807, 2.05) is 25.2 Å². The molecule has 5 nitrogen and oxygen atoms in total. The van der Waals surface area contributed by atoms with E-state index in [0.717, 1.165) is 10.0 Å². The number of nitrogens with zero attached hydrogens (tertiary/aromatic N) is 2. The van der Waals surface area contributed by atoms with Gasteiger partial charge < -0.3 is 14.8 Å². The predicted octanol–water partition coefficient (Wildman–Crippen LogP) is 3.22. The van der Waals surface area contributed by atoms with E-state index in [9.17, 15) is 0 Å². The van der Waals surface area contributed by atoms with Crippen molar-refractivity contribution in [1.82, 2.24) is 15.3 Å². The highest BCUT2D eigenvalue weighted by atomic mass is 79.9. The Labute approximate surface area is 136 Å². The highest BCUT2D eigenvalue weighted by Crippen LogP contribution is 2.33. The Bertz CT molecular complexity index is 640. The van der Waals surface area contributed by atoms with E-state index in [0.29, 0.717) is 22.5 Å². The van der Waals surface area contributed by atoms with Crippen molar-refractivity contribution in [2.45, 2.75) is 6.04 Å². The van der Waals surface area contributed by atoms with E-state index >= 15 is 0 Å². The second-order valence-corrected chi connectivity index (χ2v) is 5.49. The summed E-state index contributed by atoms with van der Waals surface area (Å²) in [5.41, 5.74) is 1.66. The Morgan fingerprint density at radius 2 is 2.05 bits per heavy atom. The van der Waals surface area contributed by atoms with Gasteiger partial charge in [0.1, 0.15) is 5.69 Å². The number of aromatic nitrogens is 2. The van der Waals surface area contributed by atoms with Crippen molar-refractivity contribution in [1.29, 1.82) is 0 Å². The van der Waals surface area contributed by atoms with Gasteiger partial charge in [-0.25, -0.2) is 4.98 Å². The fourth-order valence-electron chi connectivity index (χ4n) is 1.99. The van der Waals surface area contributed by atoms with Crippen molar-refractivity contribution in [3.05, 3.63) is 45.1 Å². The number of halogens is 2. The average molecular weight is 373 g/mol. The van der Waals surface area contributed by atoms with Gasteiger partial charge in [0.05, 0.1) is 26.5 Å². The monoisotopic (exact) mass is 371 g/mol. The van der Waals surface area contributed by atoms with Crippen LogP contribution in [0.5, 0.6) is 11.8 Å². The van der Waals surface area contributed by atoms with Crippen LogP contribution in [0.2, 0.25) is 5.02 Å². The third-order valence-corrected chi connectivity index (χ3v) is 3.90. The minimum absolute atomic E-state index is 0.190. The van der Waals surface area contributed by atoms with E-state index in [1.54, 1.807) is 13.3 Å². The molecular formula is C14H15BrClN3O2. The number of hydrogen-bond acceptors (Lipinski definition) is 5. The quantitative estimate of drug-likeness (QED) is 0.873. The van der Waals surface area contributed by atoms with Crippen LogP contribution in [0.25, 0.3) is 0 Å². The van der Waals surface area contributed by atoms with E-state index in [2.05, 4.69) is 31.2 Å². The number of methoxy groups -OCH3 is 2. The molecule has 0 aliphatic carbocycles. The molecule has 0 saturated heterocycles. The highest BCUT2D eigenvalue weighted by Gasteiger charge is 2.22. The summed E-state index contributed by atoms with van der Waals surface area (Å²) in [6, 6.07) is 5.41. The molecule has 0 amide bonds. The first-order valence-corrected chi connectivity index (χ1v) is 7.35. The SMILES string of the molecule is CNC(c1ccc(Cl)cc1Br)c1ncc(OC)nc1OC. The lowest BCUT2D eigenvalue weighted by atomic mass is 10.0. The molecule has 1 atom stereocenters. The normalized spacial score (nSPS) is 12.0. The lowest BCUT2D eigenvalue weighted by Crippen LogP contribution is -2.20. The van der Waals surface area contributed by atoms with Crippen molar-refractivity contribution in [2.75, 3.05) is 21.3 Å². The van der Waals surface area contributed by atoms with Gasteiger partial charge in [-0.1, -0.05) is 33.6 Å². The third kappa shape index (κ3) is 3.45. The summed E-state index contributed by atoms with van der Waals surface area (Å²) < 4.78 is 11.3. The molecule has 112 valence electrons. The maximum atomic E-state index is 5.99. The molecule has 1 aromatic carbocycles. The molecule has 0 bridgehead atoms. The molecule has 1 aromatic heterocycles. The van der Waals surface area contributed by atoms with E-state index in [1.165, 1.54) is 7.11 Å². The minimum atomic E-state index is -0.190. The van der Waals surface area contributed by atoms with Crippen LogP contribution in [-0.4, -0.2) is 31.2 Å². The molecule has 2 rings (SSSR count). The van der Waals surface area contributed by atoms with Crippen LogP contribution >= 0.6 is 27.5 Å². The van der Waals surface area contributed by atoms with Crippen molar-refractivity contribution >= 4 is 27.5 Å². The molecular weight excluding hydrogens is 358 g/mol. The number of hydrogen-bond donors (Lipinski definition) is 1. The molecule has 0 aliphatic rings. The summed E-state index contributed by atoms with van der Waals surface area (Å²) in [6.45, 7) is 0. The molecule has 1 heterocycles. The Hall–Kier alpha value is -1.37. The van der Waals surface area contributed by atoms with Crippen LogP contribution in [-0.2, 0) is 0 Å². The van der Waals surface area contributed by atoms with Crippen molar-refractivity contribution < 1.29 is 9.47 Å². The zero-order valence-electron chi connectivity index (χ0n) is 11.9. The molecule has 0 spiro atoms. The van der Waals surface area contributed by atoms with Crippen LogP contribution in [0.15, 0.2) is 28.9 Å². The molecule has 21 heavy (non-hydrogen) atoms. The summed E-state index contributed by atoms with van der Waals surface area (Å²) in [5, 5.41) is 3.87. The molecule has 0 aliphatic heterocycles. The smallest absolute Gasteiger partial charge is 0.240 e. The van der Waals surface area contributed by atoms with Crippen LogP contribution in [0.1, 0.15) is 17.3 Å². The van der Waals surface area contributed by atoms with Gasteiger partial charge in [0.15, 0.2) is 0 Å². The topological polar surface area (TPSA) is 56.3 Å². The molecule has 1 unspecified atom stereocenters. The number of ether oxygens (including phenoxy) is 2. The average Bonchev–Trinajstić information content (AvgIpc) is 2.50. The first-order chi connectivity index (χ1) is 10.1. The second kappa shape index (κ2) is 7.06. The van der Waals surface area contributed by atoms with Gasteiger partial charge >= 0.3 is 0 Å². The molecule has 1 N–H and O–H groups in total. The van der Waals surface area contributed by atoms with E-state index in [4.69, 9.17) is 21.1 Å². The number of rotatable bonds is 5. The van der Waals surface area contributed by atoms with Gasteiger partial charge in [0.2, 0.25) is 11.8 Å². The fourth-order valence-corrected chi connectivity index (χ4v) is 2.90. The van der Waals surface area contributed by atoms with Crippen LogP contribution in [0.3, 0.4) is 0 Å². The van der Waals surface area contributed by atoms with Crippen molar-refractivity contribution in [2.24, 2.45) is 0 Å². The van der Waals surface area contributed by atoms with Gasteiger partial charge in [0.25, 0.3) is 0 Å². The van der Waals surface area contributed by atoms with Gasteiger partial charge in [-0.3, -0.25) is 0 Å². The minimum Gasteiger partial charge on any atom is -0.480 e. The highest BCUT2D eigenvalue weighted by molar-refractivity contribution is 9.10. The fraction of sp³-hybridized carbons (Fsp3) is 0.286. The summed E-state index contributed by atoms with van der Waals surface area (Å²) in [7, 11) is 4.93. The van der Waals surface area contributed by atoms with Gasteiger partial charge in [0, 0.05) is 9.50 Å². The van der Waals surface area contributed by atoms with Gasteiger partial charge in [-0.15, -0.1) is 0 Å². The van der Waals surface area contributed by atoms with Crippen LogP contribution < -0.4 is 14.8 Å². The van der Waals surface area contributed by atoms with E-state index < -0.39 is 0 Å². The van der Waals surface area contributed by atoms with Crippen molar-refractivity contribution in [3.8, 4) is 11.8 Å². The molecule has 0 fully saturated rings. The first-order valence-electron chi connectivity index (χ1n) is 6.17. The summed E-state index contributed by atoms with van der Waals surface area (Å²) >= 11 is 9.51. The standard InChI is InChI=1S/C14H15BrClN3O2/c1-17-12(9-5-4-8(16)6-10(9)15)13-14(21-3)19-11(20-2)7-18-13/h4-7,12,17H,1-3H3. The van der Waals surface area contributed by atoms with Gasteiger partial charge in [-0.05, 0) is 24.7 Å². The van der Waals surface area contributed by atoms with Crippen molar-refractivity contribution in [3.63, 3.8) is 0 Å². The summed E-state index contributed by atoms with van der Waals surface area (Å²) in [5.74, 6) is 0.816. The third-order valence-electron chi connectivity index (χ3n) is 2.98.